The Labute approximate surface area is 143 Å². The SMILES string of the molecule is Cc1nc2c(s1)CCCC2NC(=O)Nc1ccc2c(c1)COC2=O. The van der Waals surface area contributed by atoms with Gasteiger partial charge in [0.2, 0.25) is 0 Å². The van der Waals surface area contributed by atoms with Crippen molar-refractivity contribution in [1.29, 1.82) is 0 Å². The maximum atomic E-state index is 12.3. The van der Waals surface area contributed by atoms with Crippen LogP contribution in [-0.2, 0) is 17.8 Å². The third-order valence-electron chi connectivity index (χ3n) is 4.31. The first-order chi connectivity index (χ1) is 11.6. The third kappa shape index (κ3) is 2.75. The van der Waals surface area contributed by atoms with Crippen LogP contribution in [0.15, 0.2) is 18.2 Å². The summed E-state index contributed by atoms with van der Waals surface area (Å²) in [6.07, 6.45) is 2.99. The number of aromatic nitrogens is 1. The van der Waals surface area contributed by atoms with Crippen LogP contribution in [0.3, 0.4) is 0 Å². The van der Waals surface area contributed by atoms with Crippen molar-refractivity contribution in [2.24, 2.45) is 0 Å². The van der Waals surface area contributed by atoms with Crippen LogP contribution < -0.4 is 10.6 Å². The first kappa shape index (κ1) is 15.1. The molecule has 0 spiro atoms. The number of carbonyl (C=O) groups is 2. The highest BCUT2D eigenvalue weighted by Crippen LogP contribution is 2.33. The van der Waals surface area contributed by atoms with Gasteiger partial charge < -0.3 is 15.4 Å². The van der Waals surface area contributed by atoms with E-state index in [0.29, 0.717) is 11.3 Å². The lowest BCUT2D eigenvalue weighted by atomic mass is 9.98. The molecule has 0 fully saturated rings. The number of benzene rings is 1. The number of carbonyl (C=O) groups excluding carboxylic acids is 2. The van der Waals surface area contributed by atoms with E-state index in [2.05, 4.69) is 15.6 Å². The van der Waals surface area contributed by atoms with Gasteiger partial charge in [-0.25, -0.2) is 14.6 Å². The van der Waals surface area contributed by atoms with Gasteiger partial charge in [-0.15, -0.1) is 11.3 Å². The Morgan fingerprint density at radius 3 is 3.17 bits per heavy atom. The van der Waals surface area contributed by atoms with E-state index in [0.717, 1.165) is 35.5 Å². The van der Waals surface area contributed by atoms with Gasteiger partial charge >= 0.3 is 12.0 Å². The second-order valence-electron chi connectivity index (χ2n) is 6.03. The van der Waals surface area contributed by atoms with Crippen LogP contribution in [0, 0.1) is 6.92 Å². The number of hydrogen-bond donors (Lipinski definition) is 2. The Bertz CT molecular complexity index is 830. The van der Waals surface area contributed by atoms with E-state index >= 15 is 0 Å². The van der Waals surface area contributed by atoms with Crippen molar-refractivity contribution in [3.05, 3.63) is 44.9 Å². The number of amides is 2. The largest absolute Gasteiger partial charge is 0.457 e. The number of cyclic esters (lactones) is 1. The quantitative estimate of drug-likeness (QED) is 0.820. The average molecular weight is 343 g/mol. The number of nitrogens with one attached hydrogen (secondary N) is 2. The standard InChI is InChI=1S/C17H17N3O3S/c1-9-18-15-13(3-2-4-14(15)24-9)20-17(22)19-11-5-6-12-10(7-11)8-23-16(12)21/h5-7,13H,2-4,8H2,1H3,(H2,19,20,22). The molecule has 6 nitrogen and oxygen atoms in total. The number of esters is 1. The number of ether oxygens (including phenoxy) is 1. The van der Waals surface area contributed by atoms with Gasteiger partial charge in [0, 0.05) is 16.1 Å². The molecule has 2 aromatic rings. The Balaban J connectivity index is 1.45. The van der Waals surface area contributed by atoms with E-state index in [1.165, 1.54) is 4.88 Å². The molecule has 0 radical (unpaired) electrons. The van der Waals surface area contributed by atoms with Gasteiger partial charge in [-0.2, -0.15) is 0 Å². The molecule has 1 aromatic heterocycles. The molecule has 1 atom stereocenters. The summed E-state index contributed by atoms with van der Waals surface area (Å²) in [4.78, 5) is 29.6. The van der Waals surface area contributed by atoms with E-state index in [9.17, 15) is 9.59 Å². The molecule has 2 amide bonds. The minimum Gasteiger partial charge on any atom is -0.457 e. The summed E-state index contributed by atoms with van der Waals surface area (Å²) in [5, 5.41) is 6.88. The predicted octanol–water partition coefficient (Wildman–Crippen LogP) is 3.32. The van der Waals surface area contributed by atoms with E-state index in [4.69, 9.17) is 4.74 Å². The van der Waals surface area contributed by atoms with E-state index < -0.39 is 0 Å². The fourth-order valence-electron chi connectivity index (χ4n) is 3.22. The third-order valence-corrected chi connectivity index (χ3v) is 5.35. The van der Waals surface area contributed by atoms with Gasteiger partial charge in [0.25, 0.3) is 0 Å². The van der Waals surface area contributed by atoms with E-state index in [-0.39, 0.29) is 24.6 Å². The van der Waals surface area contributed by atoms with Crippen molar-refractivity contribution in [1.82, 2.24) is 10.3 Å². The molecule has 7 heteroatoms. The lowest BCUT2D eigenvalue weighted by molar-refractivity contribution is 0.0535. The Morgan fingerprint density at radius 1 is 1.42 bits per heavy atom. The van der Waals surface area contributed by atoms with Crippen LogP contribution in [0.1, 0.15) is 50.4 Å². The van der Waals surface area contributed by atoms with Crippen LogP contribution >= 0.6 is 11.3 Å². The molecule has 2 heterocycles. The summed E-state index contributed by atoms with van der Waals surface area (Å²) in [6.45, 7) is 2.25. The minimum atomic E-state index is -0.311. The van der Waals surface area contributed by atoms with Crippen LogP contribution in [0.2, 0.25) is 0 Å². The Kier molecular flexibility index (Phi) is 3.72. The molecule has 1 aliphatic carbocycles. The molecule has 24 heavy (non-hydrogen) atoms. The van der Waals surface area contributed by atoms with Gasteiger partial charge in [0.15, 0.2) is 0 Å². The number of hydrogen-bond acceptors (Lipinski definition) is 5. The van der Waals surface area contributed by atoms with Gasteiger partial charge in [-0.1, -0.05) is 0 Å². The summed E-state index contributed by atoms with van der Waals surface area (Å²) in [5.41, 5.74) is 3.02. The summed E-state index contributed by atoms with van der Waals surface area (Å²) in [5.74, 6) is -0.311. The number of nitrogens with zero attached hydrogens (tertiary/aromatic N) is 1. The van der Waals surface area contributed by atoms with Gasteiger partial charge in [-0.05, 0) is 44.4 Å². The summed E-state index contributed by atoms with van der Waals surface area (Å²) in [6, 6.07) is 4.87. The summed E-state index contributed by atoms with van der Waals surface area (Å²) in [7, 11) is 0. The van der Waals surface area contributed by atoms with Crippen molar-refractivity contribution >= 4 is 29.0 Å². The molecule has 1 unspecified atom stereocenters. The summed E-state index contributed by atoms with van der Waals surface area (Å²) >= 11 is 1.71. The van der Waals surface area contributed by atoms with Gasteiger partial charge in [0.05, 0.1) is 22.3 Å². The van der Waals surface area contributed by atoms with Crippen molar-refractivity contribution in [3.8, 4) is 0 Å². The lowest BCUT2D eigenvalue weighted by Crippen LogP contribution is -2.34. The zero-order valence-corrected chi connectivity index (χ0v) is 14.0. The van der Waals surface area contributed by atoms with Crippen LogP contribution in [0.5, 0.6) is 0 Å². The molecule has 0 saturated heterocycles. The van der Waals surface area contributed by atoms with Crippen molar-refractivity contribution in [2.75, 3.05) is 5.32 Å². The van der Waals surface area contributed by atoms with E-state index in [1.807, 2.05) is 6.92 Å². The second-order valence-corrected chi connectivity index (χ2v) is 7.32. The lowest BCUT2D eigenvalue weighted by Gasteiger charge is -2.22. The molecule has 4 rings (SSSR count). The topological polar surface area (TPSA) is 80.3 Å². The van der Waals surface area contributed by atoms with Crippen molar-refractivity contribution in [3.63, 3.8) is 0 Å². The number of urea groups is 1. The van der Waals surface area contributed by atoms with Crippen molar-refractivity contribution in [2.45, 2.75) is 38.8 Å². The molecule has 0 bridgehead atoms. The molecule has 1 aromatic carbocycles. The maximum Gasteiger partial charge on any atom is 0.338 e. The van der Waals surface area contributed by atoms with E-state index in [1.54, 1.807) is 29.5 Å². The smallest absolute Gasteiger partial charge is 0.338 e. The van der Waals surface area contributed by atoms with Gasteiger partial charge in [-0.3, -0.25) is 0 Å². The molecular formula is C17H17N3O3S. The van der Waals surface area contributed by atoms with Crippen LogP contribution in [0.25, 0.3) is 0 Å². The number of rotatable bonds is 2. The monoisotopic (exact) mass is 343 g/mol. The number of anilines is 1. The maximum absolute atomic E-state index is 12.3. The number of thiazole rings is 1. The highest BCUT2D eigenvalue weighted by molar-refractivity contribution is 7.11. The zero-order valence-electron chi connectivity index (χ0n) is 13.2. The normalized spacial score (nSPS) is 18.5. The second kappa shape index (κ2) is 5.90. The highest BCUT2D eigenvalue weighted by Gasteiger charge is 2.26. The predicted molar refractivity (Wildman–Crippen MR) is 90.2 cm³/mol. The van der Waals surface area contributed by atoms with Crippen LogP contribution in [0.4, 0.5) is 10.5 Å². The number of aryl methyl sites for hydroxylation is 2. The minimum absolute atomic E-state index is 0.0435. The molecule has 0 saturated carbocycles. The fourth-order valence-corrected chi connectivity index (χ4v) is 4.26. The van der Waals surface area contributed by atoms with Crippen LogP contribution in [-0.4, -0.2) is 17.0 Å². The van der Waals surface area contributed by atoms with Gasteiger partial charge in [0.1, 0.15) is 6.61 Å². The first-order valence-electron chi connectivity index (χ1n) is 7.94. The summed E-state index contributed by atoms with van der Waals surface area (Å²) < 4.78 is 4.97. The van der Waals surface area contributed by atoms with Crippen molar-refractivity contribution < 1.29 is 14.3 Å². The first-order valence-corrected chi connectivity index (χ1v) is 8.75. The molecule has 1 aliphatic heterocycles. The molecule has 2 N–H and O–H groups in total. The number of fused-ring (bicyclic) bond motifs is 2. The molecular weight excluding hydrogens is 326 g/mol. The Morgan fingerprint density at radius 2 is 2.29 bits per heavy atom. The fraction of sp³-hybridized carbons (Fsp3) is 0.353. The highest BCUT2D eigenvalue weighted by atomic mass is 32.1. The average Bonchev–Trinajstić information content (AvgIpc) is 3.10. The molecule has 124 valence electrons. The zero-order chi connectivity index (χ0) is 16.7. The Hall–Kier alpha value is -2.41. The molecule has 2 aliphatic rings.